The van der Waals surface area contributed by atoms with Crippen LogP contribution in [0.2, 0.25) is 5.02 Å². The van der Waals surface area contributed by atoms with Crippen molar-refractivity contribution < 1.29 is 14.6 Å². The number of halogens is 1. The fourth-order valence-corrected chi connectivity index (χ4v) is 3.82. The molecule has 2 aromatic carbocycles. The maximum absolute atomic E-state index is 12.4. The largest absolute Gasteiger partial charge is 0.497 e. The first kappa shape index (κ1) is 20.7. The topological polar surface area (TPSA) is 92.9 Å². The van der Waals surface area contributed by atoms with Gasteiger partial charge in [-0.1, -0.05) is 23.7 Å². The summed E-state index contributed by atoms with van der Waals surface area (Å²) in [6.07, 6.45) is 0.605. The lowest BCUT2D eigenvalue weighted by Gasteiger charge is -2.16. The van der Waals surface area contributed by atoms with E-state index in [1.165, 1.54) is 10.6 Å². The number of nitrogens with one attached hydrogen (secondary N) is 1. The fourth-order valence-electron chi connectivity index (χ4n) is 3.70. The summed E-state index contributed by atoms with van der Waals surface area (Å²) >= 11 is 6.08. The number of nitrogens with zero attached hydrogens (tertiary/aromatic N) is 2. The third kappa shape index (κ3) is 4.04. The molecule has 1 unspecified atom stereocenters. The van der Waals surface area contributed by atoms with E-state index in [0.717, 1.165) is 22.3 Å². The van der Waals surface area contributed by atoms with Gasteiger partial charge in [-0.3, -0.25) is 9.79 Å². The Morgan fingerprint density at radius 3 is 2.58 bits per heavy atom. The highest BCUT2D eigenvalue weighted by atomic mass is 35.5. The van der Waals surface area contributed by atoms with Crippen molar-refractivity contribution in [1.82, 2.24) is 9.88 Å². The molecule has 1 atom stereocenters. The Labute approximate surface area is 183 Å². The van der Waals surface area contributed by atoms with Crippen LogP contribution in [0, 0.1) is 0 Å². The molecule has 2 N–H and O–H groups in total. The van der Waals surface area contributed by atoms with Crippen LogP contribution in [0.3, 0.4) is 0 Å². The van der Waals surface area contributed by atoms with Crippen molar-refractivity contribution in [2.75, 3.05) is 13.7 Å². The highest BCUT2D eigenvalue weighted by molar-refractivity contribution is 6.30. The zero-order valence-corrected chi connectivity index (χ0v) is 17.7. The van der Waals surface area contributed by atoms with Crippen LogP contribution in [0.4, 0.5) is 4.79 Å². The number of aromatic nitrogens is 1. The van der Waals surface area contributed by atoms with E-state index in [0.29, 0.717) is 22.0 Å². The Bertz CT molecular complexity index is 1250. The first-order chi connectivity index (χ1) is 14.9. The van der Waals surface area contributed by atoms with Crippen LogP contribution in [0.25, 0.3) is 11.1 Å². The smallest absolute Gasteiger partial charge is 0.404 e. The molecule has 0 bridgehead atoms. The van der Waals surface area contributed by atoms with E-state index in [1.807, 2.05) is 30.3 Å². The molecule has 2 heterocycles. The summed E-state index contributed by atoms with van der Waals surface area (Å²) < 4.78 is 6.94. The Hall–Kier alpha value is -3.58. The molecule has 0 radical (unpaired) electrons. The van der Waals surface area contributed by atoms with E-state index >= 15 is 0 Å². The van der Waals surface area contributed by atoms with Crippen LogP contribution in [0.1, 0.15) is 22.7 Å². The van der Waals surface area contributed by atoms with Gasteiger partial charge in [-0.15, -0.1) is 0 Å². The number of aliphatic imine (C=N–C) groups is 1. The lowest BCUT2D eigenvalue weighted by Crippen LogP contribution is -2.27. The van der Waals surface area contributed by atoms with Crippen molar-refractivity contribution in [3.05, 3.63) is 86.8 Å². The van der Waals surface area contributed by atoms with Gasteiger partial charge < -0.3 is 19.7 Å². The zero-order valence-electron chi connectivity index (χ0n) is 16.9. The minimum Gasteiger partial charge on any atom is -0.497 e. The number of fused-ring (bicyclic) bond motifs is 3. The Kier molecular flexibility index (Phi) is 5.52. The van der Waals surface area contributed by atoms with Crippen LogP contribution in [0.15, 0.2) is 64.5 Å². The summed E-state index contributed by atoms with van der Waals surface area (Å²) in [6, 6.07) is 13.9. The van der Waals surface area contributed by atoms with Gasteiger partial charge in [0.15, 0.2) is 0 Å². The number of aryl methyl sites for hydroxylation is 1. The predicted molar refractivity (Wildman–Crippen MR) is 120 cm³/mol. The van der Waals surface area contributed by atoms with Crippen LogP contribution < -0.4 is 15.6 Å². The normalized spacial score (nSPS) is 14.7. The van der Waals surface area contributed by atoms with Crippen molar-refractivity contribution in [2.45, 2.75) is 6.04 Å². The quantitative estimate of drug-likeness (QED) is 0.647. The monoisotopic (exact) mass is 437 g/mol. The van der Waals surface area contributed by atoms with Crippen molar-refractivity contribution in [1.29, 1.82) is 0 Å². The third-order valence-electron chi connectivity index (χ3n) is 5.24. The molecular formula is C23H20ClN3O4. The summed E-state index contributed by atoms with van der Waals surface area (Å²) in [6.45, 7) is 0.0255. The first-order valence-corrected chi connectivity index (χ1v) is 9.95. The number of benzene rings is 2. The zero-order chi connectivity index (χ0) is 22.1. The van der Waals surface area contributed by atoms with E-state index in [9.17, 15) is 9.59 Å². The molecule has 0 spiro atoms. The molecule has 1 aliphatic rings. The van der Waals surface area contributed by atoms with Crippen LogP contribution in [0.5, 0.6) is 5.75 Å². The van der Waals surface area contributed by atoms with Gasteiger partial charge in [-0.2, -0.15) is 0 Å². The molecule has 1 amide bonds. The van der Waals surface area contributed by atoms with Crippen molar-refractivity contribution in [3.8, 4) is 16.9 Å². The van der Waals surface area contributed by atoms with Gasteiger partial charge in [0, 0.05) is 47.6 Å². The third-order valence-corrected chi connectivity index (χ3v) is 5.49. The summed E-state index contributed by atoms with van der Waals surface area (Å²) in [4.78, 5) is 28.5. The number of ether oxygens (including phenoxy) is 1. The minimum atomic E-state index is -1.16. The number of carbonyl (C=O) groups is 1. The number of pyridine rings is 1. The number of methoxy groups -OCH3 is 1. The average Bonchev–Trinajstić information content (AvgIpc) is 2.88. The number of amides is 1. The van der Waals surface area contributed by atoms with Gasteiger partial charge >= 0.3 is 6.09 Å². The molecular weight excluding hydrogens is 418 g/mol. The van der Waals surface area contributed by atoms with Gasteiger partial charge in [-0.25, -0.2) is 4.79 Å². The Morgan fingerprint density at radius 2 is 1.90 bits per heavy atom. The van der Waals surface area contributed by atoms with Crippen LogP contribution in [-0.4, -0.2) is 35.1 Å². The van der Waals surface area contributed by atoms with Crippen molar-refractivity contribution in [2.24, 2.45) is 12.0 Å². The molecule has 158 valence electrons. The van der Waals surface area contributed by atoms with E-state index in [4.69, 9.17) is 26.4 Å². The Morgan fingerprint density at radius 1 is 1.16 bits per heavy atom. The summed E-state index contributed by atoms with van der Waals surface area (Å²) in [5.74, 6) is 0.661. The summed E-state index contributed by atoms with van der Waals surface area (Å²) in [5.41, 5.74) is 4.45. The lowest BCUT2D eigenvalue weighted by atomic mass is 9.92. The molecule has 4 rings (SSSR count). The predicted octanol–water partition coefficient (Wildman–Crippen LogP) is 3.87. The molecule has 1 aliphatic heterocycles. The standard InChI is InChI=1S/C23H20ClN3O4/c1-27-12-19-16-8-7-15(31-2)9-18(16)22(13-3-5-14(24)6-4-13)26-20(11-25-23(29)30)17(19)10-21(27)28/h3-10,12,20,25H,11H2,1-2H3,(H,29,30). The van der Waals surface area contributed by atoms with Gasteiger partial charge in [0.1, 0.15) is 5.75 Å². The van der Waals surface area contributed by atoms with Crippen LogP contribution in [-0.2, 0) is 7.05 Å². The number of rotatable bonds is 4. The molecule has 8 heteroatoms. The number of hydrogen-bond donors (Lipinski definition) is 2. The number of hydrogen-bond acceptors (Lipinski definition) is 4. The highest BCUT2D eigenvalue weighted by Gasteiger charge is 2.26. The second-order valence-corrected chi connectivity index (χ2v) is 7.63. The maximum Gasteiger partial charge on any atom is 0.404 e. The second-order valence-electron chi connectivity index (χ2n) is 7.19. The SMILES string of the molecule is COc1ccc2c(c1)C(c1ccc(Cl)cc1)=NC(CNC(=O)O)c1cc(=O)n(C)cc1-2. The summed E-state index contributed by atoms with van der Waals surface area (Å²) in [7, 11) is 3.27. The van der Waals surface area contributed by atoms with Crippen molar-refractivity contribution in [3.63, 3.8) is 0 Å². The fraction of sp³-hybridized carbons (Fsp3) is 0.174. The Balaban J connectivity index is 2.02. The van der Waals surface area contributed by atoms with Crippen LogP contribution >= 0.6 is 11.6 Å². The highest BCUT2D eigenvalue weighted by Crippen LogP contribution is 2.38. The molecule has 0 fully saturated rings. The number of carboxylic acid groups (broad SMARTS) is 1. The van der Waals surface area contributed by atoms with Gasteiger partial charge in [0.05, 0.1) is 18.9 Å². The van der Waals surface area contributed by atoms with E-state index in [-0.39, 0.29) is 12.1 Å². The van der Waals surface area contributed by atoms with E-state index in [1.54, 1.807) is 32.5 Å². The molecule has 1 aromatic heterocycles. The van der Waals surface area contributed by atoms with Crippen molar-refractivity contribution >= 4 is 23.4 Å². The van der Waals surface area contributed by atoms with Gasteiger partial charge in [0.2, 0.25) is 0 Å². The van der Waals surface area contributed by atoms with Gasteiger partial charge in [-0.05, 0) is 41.5 Å². The van der Waals surface area contributed by atoms with E-state index < -0.39 is 12.1 Å². The summed E-state index contributed by atoms with van der Waals surface area (Å²) in [5, 5.41) is 12.2. The van der Waals surface area contributed by atoms with Gasteiger partial charge in [0.25, 0.3) is 5.56 Å². The maximum atomic E-state index is 12.4. The molecule has 0 saturated heterocycles. The second kappa shape index (κ2) is 8.28. The first-order valence-electron chi connectivity index (χ1n) is 9.57. The minimum absolute atomic E-state index is 0.0255. The molecule has 0 saturated carbocycles. The molecule has 31 heavy (non-hydrogen) atoms. The average molecular weight is 438 g/mol. The molecule has 0 aliphatic carbocycles. The molecule has 7 nitrogen and oxygen atoms in total. The lowest BCUT2D eigenvalue weighted by molar-refractivity contribution is 0.194. The van der Waals surface area contributed by atoms with E-state index in [2.05, 4.69) is 5.32 Å². The molecule has 3 aromatic rings.